The number of likely N-dealkylation sites (tertiary alicyclic amines) is 1. The van der Waals surface area contributed by atoms with Crippen molar-refractivity contribution in [3.63, 3.8) is 0 Å². The summed E-state index contributed by atoms with van der Waals surface area (Å²) in [7, 11) is 2.15. The van der Waals surface area contributed by atoms with Gasteiger partial charge in [-0.2, -0.15) is 9.97 Å². The lowest BCUT2D eigenvalue weighted by Crippen LogP contribution is -2.19. The summed E-state index contributed by atoms with van der Waals surface area (Å²) < 4.78 is 0. The zero-order valence-corrected chi connectivity index (χ0v) is 10.3. The largest absolute Gasteiger partial charge is 0.368 e. The van der Waals surface area contributed by atoms with E-state index >= 15 is 0 Å². The third-order valence-electron chi connectivity index (χ3n) is 3.35. The van der Waals surface area contributed by atoms with Crippen LogP contribution in [-0.2, 0) is 0 Å². The van der Waals surface area contributed by atoms with E-state index in [1.54, 1.807) is 6.33 Å². The summed E-state index contributed by atoms with van der Waals surface area (Å²) in [5, 5.41) is 3.35. The number of aromatic amines is 1. The second kappa shape index (κ2) is 4.41. The molecule has 1 unspecified atom stereocenters. The summed E-state index contributed by atoms with van der Waals surface area (Å²) in [6.45, 7) is 3.19. The van der Waals surface area contributed by atoms with E-state index in [1.807, 2.05) is 0 Å². The first-order valence-electron chi connectivity index (χ1n) is 6.11. The summed E-state index contributed by atoms with van der Waals surface area (Å²) >= 11 is 0. The van der Waals surface area contributed by atoms with Gasteiger partial charge in [-0.25, -0.2) is 4.98 Å². The first-order chi connectivity index (χ1) is 8.72. The monoisotopic (exact) mass is 247 g/mol. The molecule has 7 heteroatoms. The SMILES string of the molecule is CN1CCC(CNc2nc(N)nc3nc[nH]c23)C1. The van der Waals surface area contributed by atoms with Crippen LogP contribution in [0.4, 0.5) is 11.8 Å². The smallest absolute Gasteiger partial charge is 0.224 e. The van der Waals surface area contributed by atoms with Crippen molar-refractivity contribution in [1.82, 2.24) is 24.8 Å². The Morgan fingerprint density at radius 2 is 2.44 bits per heavy atom. The van der Waals surface area contributed by atoms with Gasteiger partial charge in [0.25, 0.3) is 0 Å². The van der Waals surface area contributed by atoms with Gasteiger partial charge >= 0.3 is 0 Å². The van der Waals surface area contributed by atoms with Crippen LogP contribution in [0.1, 0.15) is 6.42 Å². The summed E-state index contributed by atoms with van der Waals surface area (Å²) in [5.74, 6) is 1.65. The van der Waals surface area contributed by atoms with Crippen LogP contribution in [0.2, 0.25) is 0 Å². The van der Waals surface area contributed by atoms with Crippen molar-refractivity contribution < 1.29 is 0 Å². The maximum Gasteiger partial charge on any atom is 0.224 e. The molecule has 0 aromatic carbocycles. The number of hydrogen-bond donors (Lipinski definition) is 3. The van der Waals surface area contributed by atoms with Crippen molar-refractivity contribution in [1.29, 1.82) is 0 Å². The van der Waals surface area contributed by atoms with Crippen LogP contribution < -0.4 is 11.1 Å². The van der Waals surface area contributed by atoms with E-state index in [9.17, 15) is 0 Å². The number of nitrogens with two attached hydrogens (primary N) is 1. The van der Waals surface area contributed by atoms with Crippen molar-refractivity contribution in [2.45, 2.75) is 6.42 Å². The lowest BCUT2D eigenvalue weighted by atomic mass is 10.1. The third kappa shape index (κ3) is 2.08. The maximum atomic E-state index is 5.67. The first kappa shape index (κ1) is 11.2. The Labute approximate surface area is 105 Å². The van der Waals surface area contributed by atoms with Crippen LogP contribution in [0.3, 0.4) is 0 Å². The normalized spacial score (nSPS) is 20.6. The van der Waals surface area contributed by atoms with Gasteiger partial charge in [0.15, 0.2) is 11.5 Å². The number of fused-ring (bicyclic) bond motifs is 1. The molecule has 0 saturated carbocycles. The predicted molar refractivity (Wildman–Crippen MR) is 70.2 cm³/mol. The van der Waals surface area contributed by atoms with Gasteiger partial charge in [0.1, 0.15) is 5.52 Å². The molecule has 2 aromatic rings. The molecule has 1 saturated heterocycles. The molecule has 4 N–H and O–H groups in total. The average molecular weight is 247 g/mol. The minimum Gasteiger partial charge on any atom is -0.368 e. The van der Waals surface area contributed by atoms with Crippen molar-refractivity contribution in [3.05, 3.63) is 6.33 Å². The fourth-order valence-electron chi connectivity index (χ4n) is 2.41. The van der Waals surface area contributed by atoms with Gasteiger partial charge in [0.2, 0.25) is 5.95 Å². The van der Waals surface area contributed by atoms with E-state index in [2.05, 4.69) is 37.2 Å². The van der Waals surface area contributed by atoms with Gasteiger partial charge in [0, 0.05) is 13.1 Å². The summed E-state index contributed by atoms with van der Waals surface area (Å²) in [6.07, 6.45) is 2.82. The Hall–Kier alpha value is -1.89. The molecule has 18 heavy (non-hydrogen) atoms. The molecule has 2 aromatic heterocycles. The van der Waals surface area contributed by atoms with Gasteiger partial charge in [-0.05, 0) is 25.9 Å². The van der Waals surface area contributed by atoms with Crippen molar-refractivity contribution in [2.24, 2.45) is 5.92 Å². The summed E-state index contributed by atoms with van der Waals surface area (Å²) in [5.41, 5.74) is 7.09. The lowest BCUT2D eigenvalue weighted by Gasteiger charge is -2.12. The molecule has 1 aliphatic rings. The zero-order valence-electron chi connectivity index (χ0n) is 10.3. The Balaban J connectivity index is 1.75. The van der Waals surface area contributed by atoms with Gasteiger partial charge in [-0.15, -0.1) is 0 Å². The molecular formula is C11H17N7. The number of anilines is 2. The number of nitrogen functional groups attached to an aromatic ring is 1. The predicted octanol–water partition coefficient (Wildman–Crippen LogP) is 0.299. The quantitative estimate of drug-likeness (QED) is 0.722. The molecule has 1 atom stereocenters. The molecule has 0 aliphatic carbocycles. The average Bonchev–Trinajstić information content (AvgIpc) is 2.94. The number of hydrogen-bond acceptors (Lipinski definition) is 6. The molecule has 1 aliphatic heterocycles. The van der Waals surface area contributed by atoms with Crippen LogP contribution in [0, 0.1) is 5.92 Å². The Morgan fingerprint density at radius 3 is 3.22 bits per heavy atom. The number of rotatable bonds is 3. The lowest BCUT2D eigenvalue weighted by molar-refractivity contribution is 0.399. The molecule has 0 spiro atoms. The molecule has 3 heterocycles. The Kier molecular flexibility index (Phi) is 2.75. The number of nitrogens with one attached hydrogen (secondary N) is 2. The Bertz CT molecular complexity index is 549. The fraction of sp³-hybridized carbons (Fsp3) is 0.545. The van der Waals surface area contributed by atoms with Crippen molar-refractivity contribution >= 4 is 22.9 Å². The second-order valence-corrected chi connectivity index (χ2v) is 4.83. The zero-order chi connectivity index (χ0) is 12.5. The number of H-pyrrole nitrogens is 1. The van der Waals surface area contributed by atoms with E-state index in [0.29, 0.717) is 11.6 Å². The van der Waals surface area contributed by atoms with Crippen LogP contribution in [0.5, 0.6) is 0 Å². The fourth-order valence-corrected chi connectivity index (χ4v) is 2.41. The molecule has 0 bridgehead atoms. The van der Waals surface area contributed by atoms with E-state index in [-0.39, 0.29) is 5.95 Å². The topological polar surface area (TPSA) is 95.8 Å². The molecule has 3 rings (SSSR count). The highest BCUT2D eigenvalue weighted by molar-refractivity contribution is 5.83. The van der Waals surface area contributed by atoms with E-state index in [4.69, 9.17) is 5.73 Å². The molecule has 0 amide bonds. The molecule has 7 nitrogen and oxygen atoms in total. The second-order valence-electron chi connectivity index (χ2n) is 4.83. The molecule has 1 fully saturated rings. The van der Waals surface area contributed by atoms with Crippen LogP contribution >= 0.6 is 0 Å². The first-order valence-corrected chi connectivity index (χ1v) is 6.11. The number of nitrogens with zero attached hydrogens (tertiary/aromatic N) is 4. The van der Waals surface area contributed by atoms with Gasteiger partial charge < -0.3 is 20.9 Å². The molecular weight excluding hydrogens is 230 g/mol. The molecule has 0 radical (unpaired) electrons. The highest BCUT2D eigenvalue weighted by atomic mass is 15.2. The van der Waals surface area contributed by atoms with Crippen molar-refractivity contribution in [2.75, 3.05) is 37.7 Å². The van der Waals surface area contributed by atoms with E-state index < -0.39 is 0 Å². The molecule has 96 valence electrons. The van der Waals surface area contributed by atoms with Gasteiger partial charge in [0.05, 0.1) is 6.33 Å². The standard InChI is InChI=1S/C11H17N7/c1-18-3-2-7(5-18)4-13-9-8-10(15-6-14-8)17-11(12)16-9/h6-7H,2-5H2,1H3,(H4,12,13,14,15,16,17). The maximum absolute atomic E-state index is 5.67. The summed E-state index contributed by atoms with van der Waals surface area (Å²) in [6, 6.07) is 0. The van der Waals surface area contributed by atoms with Gasteiger partial charge in [-0.1, -0.05) is 0 Å². The van der Waals surface area contributed by atoms with Crippen LogP contribution in [-0.4, -0.2) is 51.5 Å². The van der Waals surface area contributed by atoms with Crippen LogP contribution in [0.25, 0.3) is 11.2 Å². The van der Waals surface area contributed by atoms with Gasteiger partial charge in [-0.3, -0.25) is 0 Å². The minimum absolute atomic E-state index is 0.251. The minimum atomic E-state index is 0.251. The number of imidazole rings is 1. The van der Waals surface area contributed by atoms with Crippen LogP contribution in [0.15, 0.2) is 6.33 Å². The highest BCUT2D eigenvalue weighted by Crippen LogP contribution is 2.19. The van der Waals surface area contributed by atoms with Crippen molar-refractivity contribution in [3.8, 4) is 0 Å². The van der Waals surface area contributed by atoms with E-state index in [1.165, 1.54) is 6.42 Å². The summed E-state index contributed by atoms with van der Waals surface area (Å²) in [4.78, 5) is 17.8. The Morgan fingerprint density at radius 1 is 1.56 bits per heavy atom. The third-order valence-corrected chi connectivity index (χ3v) is 3.35. The van der Waals surface area contributed by atoms with E-state index in [0.717, 1.165) is 31.0 Å². The highest BCUT2D eigenvalue weighted by Gasteiger charge is 2.19. The number of aromatic nitrogens is 4.